The van der Waals surface area contributed by atoms with Crippen molar-refractivity contribution in [2.45, 2.75) is 12.6 Å². The number of hydrogen-bond donors (Lipinski definition) is 2. The van der Waals surface area contributed by atoms with Gasteiger partial charge in [-0.05, 0) is 0 Å². The summed E-state index contributed by atoms with van der Waals surface area (Å²) in [6, 6.07) is 0. The van der Waals surface area contributed by atoms with Gasteiger partial charge in [0.2, 0.25) is 0 Å². The molecule has 1 aliphatic heterocycles. The van der Waals surface area contributed by atoms with E-state index in [1.165, 1.54) is 0 Å². The Balaban J connectivity index is 2.32. The highest BCUT2D eigenvalue weighted by atomic mass is 16.3. The van der Waals surface area contributed by atoms with Gasteiger partial charge in [-0.15, -0.1) is 0 Å². The highest BCUT2D eigenvalue weighted by Crippen LogP contribution is 1.93. The molecule has 0 saturated carbocycles. The molecule has 1 atom stereocenters. The minimum Gasteiger partial charge on any atom is -0.378 e. The highest BCUT2D eigenvalue weighted by molar-refractivity contribution is 4.90. The van der Waals surface area contributed by atoms with Gasteiger partial charge in [-0.2, -0.15) is 0 Å². The van der Waals surface area contributed by atoms with E-state index < -0.39 is 0 Å². The Morgan fingerprint density at radius 1 is 1.57 bits per heavy atom. The van der Waals surface area contributed by atoms with Gasteiger partial charge in [0.15, 0.2) is 0 Å². The Morgan fingerprint density at radius 2 is 2.43 bits per heavy atom. The molecule has 0 aromatic carbocycles. The molecule has 0 aromatic rings. The molecule has 1 rings (SSSR count). The molecule has 0 bridgehead atoms. The van der Waals surface area contributed by atoms with Gasteiger partial charge >= 0.3 is 0 Å². The molecule has 0 aliphatic carbocycles. The first-order valence-corrected chi connectivity index (χ1v) is 2.46. The Bertz CT molecular complexity index is 80.1. The van der Waals surface area contributed by atoms with Gasteiger partial charge in [0.05, 0.1) is 0 Å². The smallest absolute Gasteiger partial charge is 0.108 e. The van der Waals surface area contributed by atoms with Gasteiger partial charge < -0.3 is 5.11 Å². The maximum Gasteiger partial charge on any atom is 0.108 e. The average Bonchev–Trinajstić information content (AvgIpc) is 1.69. The molecule has 7 heavy (non-hydrogen) atoms. The van der Waals surface area contributed by atoms with Gasteiger partial charge in [-0.1, -0.05) is 12.2 Å². The lowest BCUT2D eigenvalue weighted by Gasteiger charge is -2.11. The van der Waals surface area contributed by atoms with Crippen LogP contribution in [0.5, 0.6) is 0 Å². The molecule has 2 heteroatoms. The third-order valence-electron chi connectivity index (χ3n) is 0.997. The summed E-state index contributed by atoms with van der Waals surface area (Å²) in [7, 11) is 0. The lowest BCUT2D eigenvalue weighted by Crippen LogP contribution is -2.30. The Hall–Kier alpha value is -0.340. The van der Waals surface area contributed by atoms with Crippen LogP contribution in [-0.4, -0.2) is 17.9 Å². The summed E-state index contributed by atoms with van der Waals surface area (Å²) in [5.41, 5.74) is 0. The Labute approximate surface area is 42.8 Å². The van der Waals surface area contributed by atoms with Crippen molar-refractivity contribution < 1.29 is 5.11 Å². The van der Waals surface area contributed by atoms with Gasteiger partial charge in [0, 0.05) is 13.0 Å². The third kappa shape index (κ3) is 1.29. The molecule has 2 nitrogen and oxygen atoms in total. The lowest BCUT2D eigenvalue weighted by molar-refractivity contribution is 0.140. The number of aliphatic hydroxyl groups is 1. The fraction of sp³-hybridized carbons (Fsp3) is 0.600. The minimum atomic E-state index is -0.301. The van der Waals surface area contributed by atoms with E-state index in [1.807, 2.05) is 12.2 Å². The SMILES string of the molecule is OC1CC=CCN1. The molecule has 0 fully saturated rings. The van der Waals surface area contributed by atoms with Crippen molar-refractivity contribution in [2.24, 2.45) is 0 Å². The van der Waals surface area contributed by atoms with Gasteiger partial charge in [-0.25, -0.2) is 0 Å². The average molecular weight is 99.1 g/mol. The van der Waals surface area contributed by atoms with Crippen LogP contribution in [0.3, 0.4) is 0 Å². The quantitative estimate of drug-likeness (QED) is 0.414. The monoisotopic (exact) mass is 99.1 g/mol. The van der Waals surface area contributed by atoms with E-state index in [9.17, 15) is 0 Å². The fourth-order valence-electron chi connectivity index (χ4n) is 0.596. The van der Waals surface area contributed by atoms with Crippen LogP contribution in [0.15, 0.2) is 12.2 Å². The summed E-state index contributed by atoms with van der Waals surface area (Å²) in [5.74, 6) is 0. The van der Waals surface area contributed by atoms with Crippen molar-refractivity contribution in [1.82, 2.24) is 5.32 Å². The molecular formula is C5H9NO. The van der Waals surface area contributed by atoms with Gasteiger partial charge in [0.1, 0.15) is 6.23 Å². The largest absolute Gasteiger partial charge is 0.378 e. The van der Waals surface area contributed by atoms with Crippen molar-refractivity contribution in [3.05, 3.63) is 12.2 Å². The third-order valence-corrected chi connectivity index (χ3v) is 0.997. The van der Waals surface area contributed by atoms with E-state index in [1.54, 1.807) is 0 Å². The van der Waals surface area contributed by atoms with Crippen LogP contribution in [0, 0.1) is 0 Å². The molecule has 1 unspecified atom stereocenters. The number of rotatable bonds is 0. The number of hydrogen-bond acceptors (Lipinski definition) is 2. The topological polar surface area (TPSA) is 32.3 Å². The van der Waals surface area contributed by atoms with Crippen molar-refractivity contribution >= 4 is 0 Å². The highest BCUT2D eigenvalue weighted by Gasteiger charge is 2.00. The second-order valence-electron chi connectivity index (χ2n) is 1.63. The first-order valence-electron chi connectivity index (χ1n) is 2.46. The molecule has 1 aliphatic rings. The summed E-state index contributed by atoms with van der Waals surface area (Å²) >= 11 is 0. The van der Waals surface area contributed by atoms with Crippen LogP contribution in [0.1, 0.15) is 6.42 Å². The number of aliphatic hydroxyl groups excluding tert-OH is 1. The fourth-order valence-corrected chi connectivity index (χ4v) is 0.596. The normalized spacial score (nSPS) is 30.7. The minimum absolute atomic E-state index is 0.301. The van der Waals surface area contributed by atoms with Crippen LogP contribution in [0.25, 0.3) is 0 Å². The zero-order valence-corrected chi connectivity index (χ0v) is 4.09. The molecule has 40 valence electrons. The predicted octanol–water partition coefficient (Wildman–Crippen LogP) is -0.146. The first-order chi connectivity index (χ1) is 3.39. The summed E-state index contributed by atoms with van der Waals surface area (Å²) in [6.07, 6.45) is 4.43. The second kappa shape index (κ2) is 2.09. The van der Waals surface area contributed by atoms with Crippen LogP contribution in [0.2, 0.25) is 0 Å². The van der Waals surface area contributed by atoms with Crippen LogP contribution < -0.4 is 5.32 Å². The summed E-state index contributed by atoms with van der Waals surface area (Å²) < 4.78 is 0. The maximum atomic E-state index is 8.75. The predicted molar refractivity (Wildman–Crippen MR) is 27.8 cm³/mol. The van der Waals surface area contributed by atoms with Gasteiger partial charge in [-0.3, -0.25) is 5.32 Å². The van der Waals surface area contributed by atoms with E-state index in [2.05, 4.69) is 5.32 Å². The Morgan fingerprint density at radius 3 is 2.71 bits per heavy atom. The van der Waals surface area contributed by atoms with E-state index >= 15 is 0 Å². The van der Waals surface area contributed by atoms with Crippen molar-refractivity contribution in [3.63, 3.8) is 0 Å². The molecule has 1 heterocycles. The van der Waals surface area contributed by atoms with Crippen molar-refractivity contribution in [1.29, 1.82) is 0 Å². The molecule has 0 amide bonds. The Kier molecular flexibility index (Phi) is 1.44. The zero-order chi connectivity index (χ0) is 5.11. The van der Waals surface area contributed by atoms with E-state index in [0.29, 0.717) is 0 Å². The first kappa shape index (κ1) is 4.81. The van der Waals surface area contributed by atoms with Crippen LogP contribution >= 0.6 is 0 Å². The van der Waals surface area contributed by atoms with Crippen LogP contribution in [0.4, 0.5) is 0 Å². The molecule has 0 radical (unpaired) electrons. The van der Waals surface area contributed by atoms with Crippen LogP contribution in [-0.2, 0) is 0 Å². The molecule has 0 spiro atoms. The summed E-state index contributed by atoms with van der Waals surface area (Å²) in [5, 5.41) is 11.6. The lowest BCUT2D eigenvalue weighted by atomic mass is 10.3. The molecule has 0 saturated heterocycles. The van der Waals surface area contributed by atoms with E-state index in [0.717, 1.165) is 13.0 Å². The van der Waals surface area contributed by atoms with E-state index in [-0.39, 0.29) is 6.23 Å². The second-order valence-corrected chi connectivity index (χ2v) is 1.63. The number of nitrogens with one attached hydrogen (secondary N) is 1. The summed E-state index contributed by atoms with van der Waals surface area (Å²) in [6.45, 7) is 0.807. The molecular weight excluding hydrogens is 90.1 g/mol. The zero-order valence-electron chi connectivity index (χ0n) is 4.09. The van der Waals surface area contributed by atoms with Crippen molar-refractivity contribution in [2.75, 3.05) is 6.54 Å². The maximum absolute atomic E-state index is 8.75. The molecule has 0 aromatic heterocycles. The van der Waals surface area contributed by atoms with Crippen molar-refractivity contribution in [3.8, 4) is 0 Å². The standard InChI is InChI=1S/C5H9NO/c7-5-3-1-2-4-6-5/h1-2,5-7H,3-4H2. The molecule has 2 N–H and O–H groups in total. The van der Waals surface area contributed by atoms with Gasteiger partial charge in [0.25, 0.3) is 0 Å². The summed E-state index contributed by atoms with van der Waals surface area (Å²) in [4.78, 5) is 0. The van der Waals surface area contributed by atoms with E-state index in [4.69, 9.17) is 5.11 Å².